The van der Waals surface area contributed by atoms with Crippen LogP contribution < -0.4 is 18.9 Å². The Kier molecular flexibility index (Phi) is 10.0. The Morgan fingerprint density at radius 3 is 0.812 bits per heavy atom. The van der Waals surface area contributed by atoms with Crippen LogP contribution in [0.5, 0.6) is 23.0 Å². The fourth-order valence-electron chi connectivity index (χ4n) is 5.03. The van der Waals surface area contributed by atoms with E-state index >= 15 is 0 Å². The lowest BCUT2D eigenvalue weighted by Gasteiger charge is -2.22. The first-order chi connectivity index (χ1) is 23.3. The van der Waals surface area contributed by atoms with Crippen molar-refractivity contribution in [1.29, 1.82) is 0 Å². The number of hydrogen-bond donors (Lipinski definition) is 0. The monoisotopic (exact) mass is 652 g/mol. The van der Waals surface area contributed by atoms with E-state index in [4.69, 9.17) is 37.9 Å². The van der Waals surface area contributed by atoms with E-state index in [1.807, 2.05) is 0 Å². The maximum absolute atomic E-state index is 12.9. The van der Waals surface area contributed by atoms with Gasteiger partial charge in [-0.15, -0.1) is 0 Å². The lowest BCUT2D eigenvalue weighted by Crippen LogP contribution is -2.17. The zero-order valence-corrected chi connectivity index (χ0v) is 25.5. The molecule has 12 heteroatoms. The number of hydrogen-bond acceptors (Lipinski definition) is 12. The van der Waals surface area contributed by atoms with Crippen LogP contribution in [0.25, 0.3) is 21.5 Å². The van der Waals surface area contributed by atoms with Gasteiger partial charge in [-0.2, -0.15) is 0 Å². The second-order valence-electron chi connectivity index (χ2n) is 9.71. The average Bonchev–Trinajstić information content (AvgIpc) is 3.08. The van der Waals surface area contributed by atoms with Crippen molar-refractivity contribution in [3.63, 3.8) is 0 Å². The lowest BCUT2D eigenvalue weighted by molar-refractivity contribution is 0.106. The van der Waals surface area contributed by atoms with E-state index in [9.17, 15) is 19.2 Å². The molecule has 244 valence electrons. The van der Waals surface area contributed by atoms with Crippen molar-refractivity contribution in [2.45, 2.75) is 0 Å². The zero-order chi connectivity index (χ0) is 34.2. The minimum absolute atomic E-state index is 0.0336. The van der Waals surface area contributed by atoms with Crippen LogP contribution in [-0.2, 0) is 18.9 Å². The summed E-state index contributed by atoms with van der Waals surface area (Å²) in [4.78, 5) is 51.5. The van der Waals surface area contributed by atoms with E-state index in [0.29, 0.717) is 21.5 Å². The van der Waals surface area contributed by atoms with Gasteiger partial charge in [0, 0.05) is 42.4 Å². The molecule has 0 bridgehead atoms. The van der Waals surface area contributed by atoms with Crippen molar-refractivity contribution in [3.05, 3.63) is 120 Å². The molecule has 0 N–H and O–H groups in total. The maximum Gasteiger partial charge on any atom is 0.514 e. The minimum Gasteiger partial charge on any atom is -0.430 e. The fraction of sp³-hybridized carbons (Fsp3) is 0.111. The van der Waals surface area contributed by atoms with Gasteiger partial charge in [0.2, 0.25) is 0 Å². The summed E-state index contributed by atoms with van der Waals surface area (Å²) in [6, 6.07) is 13.2. The molecular weight excluding hydrogens is 624 g/mol. The van der Waals surface area contributed by atoms with E-state index in [-0.39, 0.29) is 70.3 Å². The molecule has 4 aromatic rings. The summed E-state index contributed by atoms with van der Waals surface area (Å²) in [6.45, 7) is 13.6. The van der Waals surface area contributed by atoms with Crippen LogP contribution in [0.4, 0.5) is 19.2 Å². The summed E-state index contributed by atoms with van der Waals surface area (Å²) in [5.74, 6) is -0.134. The Bertz CT molecular complexity index is 1870. The zero-order valence-electron chi connectivity index (χ0n) is 25.5. The minimum atomic E-state index is -1.08. The van der Waals surface area contributed by atoms with Gasteiger partial charge in [-0.25, -0.2) is 19.2 Å². The van der Waals surface area contributed by atoms with Gasteiger partial charge in [0.15, 0.2) is 23.0 Å². The highest BCUT2D eigenvalue weighted by Crippen LogP contribution is 2.47. The number of fused-ring (bicyclic) bond motifs is 4. The topological polar surface area (TPSA) is 142 Å². The van der Waals surface area contributed by atoms with E-state index < -0.39 is 24.6 Å². The molecule has 0 fully saturated rings. The first-order valence-electron chi connectivity index (χ1n) is 14.3. The van der Waals surface area contributed by atoms with Crippen molar-refractivity contribution < 1.29 is 57.1 Å². The fourth-order valence-corrected chi connectivity index (χ4v) is 5.03. The first-order valence-corrected chi connectivity index (χ1v) is 14.3. The maximum atomic E-state index is 12.9. The van der Waals surface area contributed by atoms with Gasteiger partial charge >= 0.3 is 24.6 Å². The van der Waals surface area contributed by atoms with Crippen LogP contribution in [0.1, 0.15) is 0 Å². The Hall–Kier alpha value is -6.56. The molecule has 4 aromatic carbocycles. The molecule has 1 aliphatic carbocycles. The number of ether oxygens (including phenoxy) is 8. The van der Waals surface area contributed by atoms with Crippen molar-refractivity contribution in [1.82, 2.24) is 0 Å². The molecular formula is C36H28O12. The van der Waals surface area contributed by atoms with Gasteiger partial charge in [-0.05, 0) is 0 Å². The average molecular weight is 653 g/mol. The van der Waals surface area contributed by atoms with Crippen molar-refractivity contribution in [2.75, 3.05) is 26.4 Å². The van der Waals surface area contributed by atoms with Crippen LogP contribution in [0.15, 0.2) is 99.2 Å². The van der Waals surface area contributed by atoms with Gasteiger partial charge in [0.1, 0.15) is 26.4 Å². The van der Waals surface area contributed by atoms with Crippen LogP contribution in [0.2, 0.25) is 0 Å². The summed E-state index contributed by atoms with van der Waals surface area (Å²) >= 11 is 0. The third-order valence-electron chi connectivity index (χ3n) is 6.76. The van der Waals surface area contributed by atoms with Gasteiger partial charge in [-0.1, -0.05) is 99.2 Å². The van der Waals surface area contributed by atoms with Gasteiger partial charge < -0.3 is 37.9 Å². The summed E-state index contributed by atoms with van der Waals surface area (Å²) in [7, 11) is 0. The molecule has 0 saturated heterocycles. The summed E-state index contributed by atoms with van der Waals surface area (Å²) in [5.41, 5.74) is 0. The van der Waals surface area contributed by atoms with Gasteiger partial charge in [-0.3, -0.25) is 0 Å². The summed E-state index contributed by atoms with van der Waals surface area (Å²) in [6.07, 6.45) is 1.14. The molecule has 1 aliphatic rings. The van der Waals surface area contributed by atoms with Crippen LogP contribution >= 0.6 is 0 Å². The quantitative estimate of drug-likeness (QED) is 0.0564. The predicted octanol–water partition coefficient (Wildman–Crippen LogP) is 7.69. The number of benzene rings is 4. The van der Waals surface area contributed by atoms with Crippen LogP contribution in [0, 0.1) is 20.9 Å². The van der Waals surface area contributed by atoms with E-state index in [1.54, 1.807) is 48.5 Å². The van der Waals surface area contributed by atoms with Gasteiger partial charge in [0.05, 0.1) is 0 Å². The van der Waals surface area contributed by atoms with Crippen LogP contribution in [-0.4, -0.2) is 51.0 Å². The molecule has 0 spiro atoms. The molecule has 48 heavy (non-hydrogen) atoms. The van der Waals surface area contributed by atoms with Crippen molar-refractivity contribution in [3.8, 4) is 23.0 Å². The number of carbonyl (C=O) groups excluding carboxylic acids is 4. The standard InChI is InChI=1S/C36H28O12/c1-5-17-41-33(37)45-29-21-13-9-10-14-22(21)30(46-34(38)42-18-6-2)26-25(29)27-28(26)32(48-36(40)44-20-8-4)24-16-12-11-15-23(24)31(27)47-35(39)43-19-7-3/h5-16H,1-4,17-20H2. The number of rotatable bonds is 12. The van der Waals surface area contributed by atoms with E-state index in [1.165, 1.54) is 24.3 Å². The summed E-state index contributed by atoms with van der Waals surface area (Å²) in [5, 5.41) is 1.88. The molecule has 12 nitrogen and oxygen atoms in total. The Morgan fingerprint density at radius 2 is 0.625 bits per heavy atom. The molecule has 0 radical (unpaired) electrons. The highest BCUT2D eigenvalue weighted by atomic mass is 16.7. The van der Waals surface area contributed by atoms with Crippen molar-refractivity contribution >= 4 is 46.2 Å². The molecule has 0 unspecified atom stereocenters. The highest BCUT2D eigenvalue weighted by molar-refractivity contribution is 6.00. The normalized spacial score (nSPS) is 10.7. The van der Waals surface area contributed by atoms with Crippen molar-refractivity contribution in [2.24, 2.45) is 0 Å². The molecule has 0 heterocycles. The third-order valence-corrected chi connectivity index (χ3v) is 6.76. The molecule has 0 aromatic heterocycles. The Balaban J connectivity index is 1.97. The van der Waals surface area contributed by atoms with E-state index in [2.05, 4.69) is 26.3 Å². The predicted molar refractivity (Wildman–Crippen MR) is 172 cm³/mol. The molecule has 5 rings (SSSR count). The Labute approximate surface area is 272 Å². The molecule has 0 amide bonds. The Morgan fingerprint density at radius 1 is 0.417 bits per heavy atom. The molecule has 0 atom stereocenters. The first kappa shape index (κ1) is 32.8. The molecule has 0 aliphatic heterocycles. The summed E-state index contributed by atoms with van der Waals surface area (Å²) < 4.78 is 43.5. The number of carbonyl (C=O) groups is 4. The van der Waals surface area contributed by atoms with Crippen LogP contribution in [0.3, 0.4) is 0 Å². The second kappa shape index (κ2) is 14.7. The second-order valence-corrected chi connectivity index (χ2v) is 9.71. The van der Waals surface area contributed by atoms with E-state index in [0.717, 1.165) is 0 Å². The third kappa shape index (κ3) is 6.40. The van der Waals surface area contributed by atoms with Gasteiger partial charge in [0.25, 0.3) is 0 Å². The highest BCUT2D eigenvalue weighted by Gasteiger charge is 2.30. The lowest BCUT2D eigenvalue weighted by atomic mass is 9.91. The smallest absolute Gasteiger partial charge is 0.430 e. The SMILES string of the molecule is C=CCOC(=O)Oc1c2c(c(OC(=O)OCC=C)c3ccccc13)=c1c(OC(=O)OCC=C)c3ccccc3c(OC(=O)OCC=C)c1=2. The molecule has 0 saturated carbocycles. The largest absolute Gasteiger partial charge is 0.514 e.